The molecule has 0 aliphatic carbocycles. The number of nitrogens with two attached hydrogens (primary N) is 1. The Balaban J connectivity index is 2.44. The van der Waals surface area contributed by atoms with E-state index in [1.165, 1.54) is 0 Å². The van der Waals surface area contributed by atoms with E-state index in [-0.39, 0.29) is 30.5 Å². The van der Waals surface area contributed by atoms with Gasteiger partial charge in [0.25, 0.3) is 0 Å². The summed E-state index contributed by atoms with van der Waals surface area (Å²) >= 11 is 0. The molecule has 1 aliphatic rings. The summed E-state index contributed by atoms with van der Waals surface area (Å²) in [6, 6.07) is -0.0656. The van der Waals surface area contributed by atoms with Crippen LogP contribution in [0.5, 0.6) is 0 Å². The molecule has 0 aromatic heterocycles. The molecule has 0 aromatic rings. The highest BCUT2D eigenvalue weighted by atomic mass is 16.5. The molecular formula is C13H26N4O3. The zero-order valence-corrected chi connectivity index (χ0v) is 12.6. The number of amides is 1. The van der Waals surface area contributed by atoms with Crippen molar-refractivity contribution in [2.75, 3.05) is 32.8 Å². The van der Waals surface area contributed by atoms with Crippen LogP contribution in [-0.2, 0) is 9.53 Å². The summed E-state index contributed by atoms with van der Waals surface area (Å²) in [7, 11) is 0. The molecule has 0 radical (unpaired) electrons. The van der Waals surface area contributed by atoms with E-state index >= 15 is 0 Å². The van der Waals surface area contributed by atoms with E-state index in [1.54, 1.807) is 4.90 Å². The molecule has 116 valence electrons. The predicted octanol–water partition coefficient (Wildman–Crippen LogP) is 0.0806. The smallest absolute Gasteiger partial charge is 0.248 e. The minimum Gasteiger partial charge on any atom is -0.409 e. The lowest BCUT2D eigenvalue weighted by Crippen LogP contribution is -2.55. The van der Waals surface area contributed by atoms with Crippen molar-refractivity contribution in [1.82, 2.24) is 9.80 Å². The van der Waals surface area contributed by atoms with Crippen LogP contribution in [0.1, 0.15) is 27.2 Å². The number of nitrogens with zero attached hydrogens (tertiary/aromatic N) is 3. The minimum absolute atomic E-state index is 0.0233. The second kappa shape index (κ2) is 8.06. The monoisotopic (exact) mass is 286 g/mol. The van der Waals surface area contributed by atoms with E-state index in [0.29, 0.717) is 13.1 Å². The van der Waals surface area contributed by atoms with Gasteiger partial charge < -0.3 is 20.6 Å². The lowest BCUT2D eigenvalue weighted by Gasteiger charge is -2.38. The molecule has 7 nitrogen and oxygen atoms in total. The van der Waals surface area contributed by atoms with Crippen LogP contribution in [0.25, 0.3) is 0 Å². The molecule has 7 heteroatoms. The van der Waals surface area contributed by atoms with Gasteiger partial charge in [-0.1, -0.05) is 12.1 Å². The van der Waals surface area contributed by atoms with Crippen molar-refractivity contribution in [3.63, 3.8) is 0 Å². The number of ether oxygens (including phenoxy) is 1. The summed E-state index contributed by atoms with van der Waals surface area (Å²) in [5.41, 5.74) is 5.69. The fraction of sp³-hybridized carbons (Fsp3) is 0.846. The van der Waals surface area contributed by atoms with Crippen LogP contribution in [0.4, 0.5) is 0 Å². The first-order chi connectivity index (χ1) is 9.49. The number of rotatable bonds is 6. The first kappa shape index (κ1) is 16.7. The van der Waals surface area contributed by atoms with Crippen molar-refractivity contribution < 1.29 is 14.7 Å². The summed E-state index contributed by atoms with van der Waals surface area (Å²) in [6.45, 7) is 8.70. The first-order valence-electron chi connectivity index (χ1n) is 7.10. The fourth-order valence-corrected chi connectivity index (χ4v) is 2.33. The molecule has 1 aliphatic heterocycles. The van der Waals surface area contributed by atoms with Crippen molar-refractivity contribution in [1.29, 1.82) is 0 Å². The molecule has 1 saturated heterocycles. The molecule has 0 bridgehead atoms. The maximum Gasteiger partial charge on any atom is 0.248 e. The number of hydrogen-bond donors (Lipinski definition) is 2. The predicted molar refractivity (Wildman–Crippen MR) is 76.7 cm³/mol. The van der Waals surface area contributed by atoms with Gasteiger partial charge in [-0.25, -0.2) is 0 Å². The van der Waals surface area contributed by atoms with Gasteiger partial charge in [0.1, 0.15) is 6.61 Å². The molecule has 0 spiro atoms. The number of oxime groups is 1. The Morgan fingerprint density at radius 3 is 2.40 bits per heavy atom. The van der Waals surface area contributed by atoms with Crippen LogP contribution in [0.2, 0.25) is 0 Å². The Kier molecular flexibility index (Phi) is 6.74. The van der Waals surface area contributed by atoms with Crippen molar-refractivity contribution >= 4 is 11.7 Å². The molecule has 20 heavy (non-hydrogen) atoms. The van der Waals surface area contributed by atoms with Gasteiger partial charge >= 0.3 is 0 Å². The molecular weight excluding hydrogens is 260 g/mol. The second-order valence-corrected chi connectivity index (χ2v) is 5.23. The van der Waals surface area contributed by atoms with Gasteiger partial charge in [0, 0.05) is 26.2 Å². The van der Waals surface area contributed by atoms with Crippen molar-refractivity contribution in [3.05, 3.63) is 0 Å². The van der Waals surface area contributed by atoms with E-state index in [4.69, 9.17) is 15.7 Å². The SMILES string of the molecule is CCC(C(N)=NO)N1CCN(C(=O)COC(C)C)CC1. The zero-order chi connectivity index (χ0) is 15.1. The molecule has 0 aromatic carbocycles. The van der Waals surface area contributed by atoms with Crippen LogP contribution in [0, 0.1) is 0 Å². The number of carbonyl (C=O) groups excluding carboxylic acids is 1. The van der Waals surface area contributed by atoms with Gasteiger partial charge in [-0.2, -0.15) is 0 Å². The Morgan fingerprint density at radius 2 is 1.95 bits per heavy atom. The number of amidine groups is 1. The Morgan fingerprint density at radius 1 is 1.35 bits per heavy atom. The minimum atomic E-state index is -0.0656. The third kappa shape index (κ3) is 4.64. The normalized spacial score (nSPS) is 19.4. The van der Waals surface area contributed by atoms with E-state index < -0.39 is 0 Å². The lowest BCUT2D eigenvalue weighted by atomic mass is 10.1. The number of hydrogen-bond acceptors (Lipinski definition) is 5. The van der Waals surface area contributed by atoms with Gasteiger partial charge in [-0.15, -0.1) is 0 Å². The standard InChI is InChI=1S/C13H26N4O3/c1-4-11(13(14)15-19)16-5-7-17(8-6-16)12(18)9-20-10(2)3/h10-11,19H,4-9H2,1-3H3,(H2,14,15). The van der Waals surface area contributed by atoms with Gasteiger partial charge in [-0.3, -0.25) is 9.69 Å². The van der Waals surface area contributed by atoms with Crippen LogP contribution < -0.4 is 5.73 Å². The molecule has 1 unspecified atom stereocenters. The number of piperazine rings is 1. The average molecular weight is 286 g/mol. The largest absolute Gasteiger partial charge is 0.409 e. The molecule has 1 rings (SSSR count). The van der Waals surface area contributed by atoms with Gasteiger partial charge in [0.15, 0.2) is 5.84 Å². The summed E-state index contributed by atoms with van der Waals surface area (Å²) in [6.07, 6.45) is 0.839. The maximum absolute atomic E-state index is 11.9. The Hall–Kier alpha value is -1.34. The van der Waals surface area contributed by atoms with Gasteiger partial charge in [-0.05, 0) is 20.3 Å². The molecule has 1 fully saturated rings. The van der Waals surface area contributed by atoms with Crippen LogP contribution in [0.15, 0.2) is 5.16 Å². The van der Waals surface area contributed by atoms with Crippen LogP contribution in [0.3, 0.4) is 0 Å². The molecule has 0 saturated carbocycles. The Bertz CT molecular complexity index is 339. The third-order valence-electron chi connectivity index (χ3n) is 3.49. The topological polar surface area (TPSA) is 91.4 Å². The quantitative estimate of drug-likeness (QED) is 0.312. The highest BCUT2D eigenvalue weighted by molar-refractivity contribution is 5.85. The van der Waals surface area contributed by atoms with Gasteiger partial charge in [0.2, 0.25) is 5.91 Å². The maximum atomic E-state index is 11.9. The molecule has 1 heterocycles. The van der Waals surface area contributed by atoms with E-state index in [9.17, 15) is 4.79 Å². The highest BCUT2D eigenvalue weighted by Crippen LogP contribution is 2.10. The fourth-order valence-electron chi connectivity index (χ4n) is 2.33. The lowest BCUT2D eigenvalue weighted by molar-refractivity contribution is -0.139. The van der Waals surface area contributed by atoms with E-state index in [2.05, 4.69) is 10.1 Å². The number of carbonyl (C=O) groups is 1. The van der Waals surface area contributed by atoms with Gasteiger partial charge in [0.05, 0.1) is 12.1 Å². The zero-order valence-electron chi connectivity index (χ0n) is 12.6. The molecule has 1 amide bonds. The Labute approximate surface area is 120 Å². The summed E-state index contributed by atoms with van der Waals surface area (Å²) in [5, 5.41) is 11.9. The van der Waals surface area contributed by atoms with Crippen LogP contribution >= 0.6 is 0 Å². The summed E-state index contributed by atoms with van der Waals surface area (Å²) in [5.74, 6) is 0.255. The van der Waals surface area contributed by atoms with E-state index in [1.807, 2.05) is 20.8 Å². The van der Waals surface area contributed by atoms with Crippen molar-refractivity contribution in [3.8, 4) is 0 Å². The summed E-state index contributed by atoms with van der Waals surface area (Å²) < 4.78 is 5.33. The van der Waals surface area contributed by atoms with E-state index in [0.717, 1.165) is 19.5 Å². The average Bonchev–Trinajstić information content (AvgIpc) is 2.45. The first-order valence-corrected chi connectivity index (χ1v) is 7.10. The second-order valence-electron chi connectivity index (χ2n) is 5.23. The third-order valence-corrected chi connectivity index (χ3v) is 3.49. The van der Waals surface area contributed by atoms with Crippen LogP contribution in [-0.4, -0.2) is 71.7 Å². The summed E-state index contributed by atoms with van der Waals surface area (Å²) in [4.78, 5) is 15.9. The molecule has 3 N–H and O–H groups in total. The van der Waals surface area contributed by atoms with Crippen molar-refractivity contribution in [2.45, 2.75) is 39.3 Å². The van der Waals surface area contributed by atoms with Crippen molar-refractivity contribution in [2.24, 2.45) is 10.9 Å². The molecule has 1 atom stereocenters. The highest BCUT2D eigenvalue weighted by Gasteiger charge is 2.27.